The Bertz CT molecular complexity index is 1410. The van der Waals surface area contributed by atoms with Gasteiger partial charge in [0.05, 0.1) is 30.8 Å². The van der Waals surface area contributed by atoms with Crippen molar-refractivity contribution in [2.45, 2.75) is 36.8 Å². The first-order chi connectivity index (χ1) is 17.6. The van der Waals surface area contributed by atoms with Crippen LogP contribution in [0.15, 0.2) is 71.6 Å². The number of nitrogens with zero attached hydrogens (tertiary/aromatic N) is 1. The zero-order valence-corrected chi connectivity index (χ0v) is 21.8. The Morgan fingerprint density at radius 2 is 1.73 bits per heavy atom. The van der Waals surface area contributed by atoms with Gasteiger partial charge in [0.1, 0.15) is 23.7 Å². The molecule has 0 saturated heterocycles. The summed E-state index contributed by atoms with van der Waals surface area (Å²) in [5.41, 5.74) is -0.0148. The van der Waals surface area contributed by atoms with Crippen LogP contribution in [0.25, 0.3) is 0 Å². The summed E-state index contributed by atoms with van der Waals surface area (Å²) in [6, 6.07) is 16.4. The molecule has 10 heteroatoms. The largest absolute Gasteiger partial charge is 0.493 e. The second-order valence-electron chi connectivity index (χ2n) is 9.20. The molecule has 4 rings (SSSR count). The molecule has 196 valence electrons. The highest BCUT2D eigenvalue weighted by atomic mass is 32.2. The van der Waals surface area contributed by atoms with Crippen molar-refractivity contribution >= 4 is 21.6 Å². The van der Waals surface area contributed by atoms with E-state index in [1.165, 1.54) is 50.6 Å². The van der Waals surface area contributed by atoms with E-state index in [9.17, 15) is 17.6 Å². The molecule has 1 N–H and O–H groups in total. The van der Waals surface area contributed by atoms with E-state index < -0.39 is 39.9 Å². The van der Waals surface area contributed by atoms with E-state index in [2.05, 4.69) is 5.32 Å². The summed E-state index contributed by atoms with van der Waals surface area (Å²) < 4.78 is 59.6. The van der Waals surface area contributed by atoms with Gasteiger partial charge in [0.25, 0.3) is 10.0 Å². The number of rotatable bonds is 8. The number of sulfonamides is 1. The maximum atomic E-state index is 14.9. The predicted octanol–water partition coefficient (Wildman–Crippen LogP) is 4.46. The Labute approximate surface area is 216 Å². The molecule has 0 spiro atoms. The number of hydrogen-bond donors (Lipinski definition) is 1. The molecular weight excluding hydrogens is 499 g/mol. The van der Waals surface area contributed by atoms with Gasteiger partial charge in [0.2, 0.25) is 5.91 Å². The lowest BCUT2D eigenvalue weighted by atomic mass is 9.89. The van der Waals surface area contributed by atoms with Crippen LogP contribution in [0.4, 0.5) is 10.1 Å². The molecule has 3 aromatic rings. The number of anilines is 1. The SMILES string of the molecule is COc1ccc(S(=O)(=O)N(CC(=O)NC2CC(C)(C)Oc3ccccc32)c2ccccc2F)cc1OC. The molecule has 0 radical (unpaired) electrons. The van der Waals surface area contributed by atoms with Crippen LogP contribution in [0.5, 0.6) is 17.2 Å². The van der Waals surface area contributed by atoms with Crippen LogP contribution in [-0.2, 0) is 14.8 Å². The summed E-state index contributed by atoms with van der Waals surface area (Å²) in [6.07, 6.45) is 0.470. The van der Waals surface area contributed by atoms with Crippen molar-refractivity contribution in [1.82, 2.24) is 5.32 Å². The third-order valence-electron chi connectivity index (χ3n) is 6.06. The van der Waals surface area contributed by atoms with Gasteiger partial charge in [0.15, 0.2) is 11.5 Å². The minimum absolute atomic E-state index is 0.182. The first kappa shape index (κ1) is 26.3. The summed E-state index contributed by atoms with van der Waals surface area (Å²) in [6.45, 7) is 3.18. The Morgan fingerprint density at radius 1 is 1.05 bits per heavy atom. The van der Waals surface area contributed by atoms with Crippen molar-refractivity contribution in [3.8, 4) is 17.2 Å². The smallest absolute Gasteiger partial charge is 0.265 e. The van der Waals surface area contributed by atoms with Gasteiger partial charge in [-0.15, -0.1) is 0 Å². The highest BCUT2D eigenvalue weighted by Gasteiger charge is 2.36. The lowest BCUT2D eigenvalue weighted by molar-refractivity contribution is -0.120. The Morgan fingerprint density at radius 3 is 2.43 bits per heavy atom. The Kier molecular flexibility index (Phi) is 7.31. The number of fused-ring (bicyclic) bond motifs is 1. The molecule has 1 unspecified atom stereocenters. The normalized spacial score (nSPS) is 16.2. The van der Waals surface area contributed by atoms with Crippen LogP contribution in [0, 0.1) is 5.82 Å². The number of halogens is 1. The van der Waals surface area contributed by atoms with Gasteiger partial charge >= 0.3 is 0 Å². The highest BCUT2D eigenvalue weighted by molar-refractivity contribution is 7.92. The minimum Gasteiger partial charge on any atom is -0.493 e. The third-order valence-corrected chi connectivity index (χ3v) is 7.82. The molecule has 0 fully saturated rings. The van der Waals surface area contributed by atoms with Gasteiger partial charge in [-0.1, -0.05) is 30.3 Å². The van der Waals surface area contributed by atoms with E-state index >= 15 is 0 Å². The number of methoxy groups -OCH3 is 2. The summed E-state index contributed by atoms with van der Waals surface area (Å²) in [7, 11) is -1.57. The highest BCUT2D eigenvalue weighted by Crippen LogP contribution is 2.39. The Balaban J connectivity index is 1.69. The second-order valence-corrected chi connectivity index (χ2v) is 11.1. The number of ether oxygens (including phenoxy) is 3. The Hall–Kier alpha value is -3.79. The van der Waals surface area contributed by atoms with Crippen molar-refractivity contribution in [2.24, 2.45) is 0 Å². The zero-order chi connectivity index (χ0) is 26.8. The molecule has 1 amide bonds. The molecule has 0 bridgehead atoms. The average molecular weight is 529 g/mol. The van der Waals surface area contributed by atoms with Gasteiger partial charge in [-0.3, -0.25) is 9.10 Å². The molecule has 8 nitrogen and oxygen atoms in total. The van der Waals surface area contributed by atoms with E-state index in [-0.39, 0.29) is 16.3 Å². The van der Waals surface area contributed by atoms with Crippen molar-refractivity contribution in [3.05, 3.63) is 78.1 Å². The molecule has 1 atom stereocenters. The van der Waals surface area contributed by atoms with Gasteiger partial charge in [-0.05, 0) is 44.2 Å². The van der Waals surface area contributed by atoms with E-state index in [0.29, 0.717) is 17.9 Å². The third kappa shape index (κ3) is 5.48. The quantitative estimate of drug-likeness (QED) is 0.464. The minimum atomic E-state index is -4.38. The van der Waals surface area contributed by atoms with E-state index in [1.54, 1.807) is 0 Å². The number of carbonyl (C=O) groups excluding carboxylic acids is 1. The van der Waals surface area contributed by atoms with Crippen LogP contribution in [-0.4, -0.2) is 40.7 Å². The fourth-order valence-corrected chi connectivity index (χ4v) is 5.80. The zero-order valence-electron chi connectivity index (χ0n) is 21.0. The number of benzene rings is 3. The molecule has 1 heterocycles. The molecule has 1 aliphatic rings. The lowest BCUT2D eigenvalue weighted by Crippen LogP contribution is -2.45. The summed E-state index contributed by atoms with van der Waals surface area (Å²) >= 11 is 0. The van der Waals surface area contributed by atoms with E-state index in [4.69, 9.17) is 14.2 Å². The van der Waals surface area contributed by atoms with Gasteiger partial charge < -0.3 is 19.5 Å². The molecule has 0 aliphatic carbocycles. The number of hydrogen-bond acceptors (Lipinski definition) is 6. The van der Waals surface area contributed by atoms with Crippen LogP contribution < -0.4 is 23.8 Å². The van der Waals surface area contributed by atoms with Crippen LogP contribution in [0.1, 0.15) is 31.9 Å². The molecule has 0 aromatic heterocycles. The van der Waals surface area contributed by atoms with Crippen LogP contribution in [0.3, 0.4) is 0 Å². The first-order valence-electron chi connectivity index (χ1n) is 11.6. The van der Waals surface area contributed by atoms with Gasteiger partial charge in [0, 0.05) is 18.1 Å². The maximum Gasteiger partial charge on any atom is 0.265 e. The van der Waals surface area contributed by atoms with Crippen molar-refractivity contribution in [3.63, 3.8) is 0 Å². The molecule has 37 heavy (non-hydrogen) atoms. The molecule has 3 aromatic carbocycles. The standard InChI is InChI=1S/C27H29FN2O6S/c1-27(2)16-21(19-9-5-8-12-23(19)36-27)29-26(31)17-30(22-11-7-6-10-20(22)28)37(32,33)18-13-14-24(34-3)25(15-18)35-4/h5-15,21H,16-17H2,1-4H3,(H,29,31). The lowest BCUT2D eigenvalue weighted by Gasteiger charge is -2.38. The topological polar surface area (TPSA) is 94.2 Å². The molecule has 0 saturated carbocycles. The number of amides is 1. The second kappa shape index (κ2) is 10.3. The summed E-state index contributed by atoms with van der Waals surface area (Å²) in [5, 5.41) is 2.92. The monoisotopic (exact) mass is 528 g/mol. The summed E-state index contributed by atoms with van der Waals surface area (Å²) in [5.74, 6) is -0.213. The van der Waals surface area contributed by atoms with Crippen molar-refractivity contribution in [2.75, 3.05) is 25.1 Å². The van der Waals surface area contributed by atoms with E-state index in [1.807, 2.05) is 38.1 Å². The average Bonchev–Trinajstić information content (AvgIpc) is 2.86. The fraction of sp³-hybridized carbons (Fsp3) is 0.296. The van der Waals surface area contributed by atoms with Crippen molar-refractivity contribution in [1.29, 1.82) is 0 Å². The summed E-state index contributed by atoms with van der Waals surface area (Å²) in [4.78, 5) is 13.1. The van der Waals surface area contributed by atoms with E-state index in [0.717, 1.165) is 15.9 Å². The fourth-order valence-electron chi connectivity index (χ4n) is 4.36. The van der Waals surface area contributed by atoms with Crippen molar-refractivity contribution < 1.29 is 31.8 Å². The van der Waals surface area contributed by atoms with Gasteiger partial charge in [-0.25, -0.2) is 12.8 Å². The first-order valence-corrected chi connectivity index (χ1v) is 13.1. The van der Waals surface area contributed by atoms with Gasteiger partial charge in [-0.2, -0.15) is 0 Å². The molecule has 1 aliphatic heterocycles. The van der Waals surface area contributed by atoms with Crippen LogP contribution >= 0.6 is 0 Å². The molecular formula is C27H29FN2O6S. The number of nitrogens with one attached hydrogen (secondary N) is 1. The van der Waals surface area contributed by atoms with Crippen LogP contribution in [0.2, 0.25) is 0 Å². The maximum absolute atomic E-state index is 14.9. The number of carbonyl (C=O) groups is 1. The predicted molar refractivity (Wildman–Crippen MR) is 137 cm³/mol. The number of para-hydroxylation sites is 2.